The van der Waals surface area contributed by atoms with E-state index in [4.69, 9.17) is 10.2 Å². The van der Waals surface area contributed by atoms with Crippen molar-refractivity contribution in [3.05, 3.63) is 17.4 Å². The lowest BCUT2D eigenvalue weighted by molar-refractivity contribution is 0.0741. The average Bonchev–Trinajstić information content (AvgIpc) is 3.01. The minimum atomic E-state index is -3.69. The number of furan rings is 1. The van der Waals surface area contributed by atoms with Crippen molar-refractivity contribution in [1.29, 1.82) is 0 Å². The Morgan fingerprint density at radius 2 is 2.24 bits per heavy atom. The zero-order valence-corrected chi connectivity index (χ0v) is 13.2. The van der Waals surface area contributed by atoms with Crippen molar-refractivity contribution in [1.82, 2.24) is 9.62 Å². The predicted octanol–water partition coefficient (Wildman–Crippen LogP) is 0.305. The Morgan fingerprint density at radius 1 is 1.57 bits per heavy atom. The summed E-state index contributed by atoms with van der Waals surface area (Å²) >= 11 is 0. The number of hydrogen-bond acceptors (Lipinski definition) is 5. The maximum atomic E-state index is 12.6. The van der Waals surface area contributed by atoms with Gasteiger partial charge in [0.1, 0.15) is 5.76 Å². The van der Waals surface area contributed by atoms with Crippen LogP contribution < -0.4 is 10.5 Å². The number of likely N-dealkylation sites (tertiary alicyclic amines) is 1. The number of nitrogens with two attached hydrogens (primary N) is 1. The van der Waals surface area contributed by atoms with Crippen LogP contribution in [0.15, 0.2) is 15.6 Å². The summed E-state index contributed by atoms with van der Waals surface area (Å²) in [7, 11) is -2.40. The van der Waals surface area contributed by atoms with E-state index in [1.54, 1.807) is 11.8 Å². The van der Waals surface area contributed by atoms with Crippen molar-refractivity contribution in [3.8, 4) is 0 Å². The van der Waals surface area contributed by atoms with Crippen molar-refractivity contribution in [3.63, 3.8) is 0 Å². The lowest BCUT2D eigenvalue weighted by atomic mass is 10.1. The Hall–Kier alpha value is -1.38. The molecule has 1 aromatic rings. The van der Waals surface area contributed by atoms with Gasteiger partial charge in [0.15, 0.2) is 0 Å². The molecule has 0 spiro atoms. The molecule has 118 valence electrons. The molecule has 1 fully saturated rings. The summed E-state index contributed by atoms with van der Waals surface area (Å²) in [6.07, 6.45) is 0.862. The number of carbonyl (C=O) groups is 1. The zero-order valence-electron chi connectivity index (χ0n) is 12.4. The second-order valence-corrected chi connectivity index (χ2v) is 7.20. The monoisotopic (exact) mass is 315 g/mol. The van der Waals surface area contributed by atoms with Gasteiger partial charge in [-0.2, -0.15) is 0 Å². The number of sulfonamides is 1. The Morgan fingerprint density at radius 3 is 2.76 bits per heavy atom. The van der Waals surface area contributed by atoms with Crippen LogP contribution in [-0.2, 0) is 10.0 Å². The molecule has 2 unspecified atom stereocenters. The first-order valence-electron chi connectivity index (χ1n) is 6.85. The second kappa shape index (κ2) is 5.78. The highest BCUT2D eigenvalue weighted by molar-refractivity contribution is 7.89. The van der Waals surface area contributed by atoms with Crippen LogP contribution in [0.4, 0.5) is 0 Å². The molecule has 2 atom stereocenters. The molecular formula is C13H21N3O4S. The van der Waals surface area contributed by atoms with Crippen LogP contribution >= 0.6 is 0 Å². The van der Waals surface area contributed by atoms with Gasteiger partial charge in [-0.25, -0.2) is 13.1 Å². The number of amides is 1. The van der Waals surface area contributed by atoms with E-state index in [2.05, 4.69) is 4.72 Å². The summed E-state index contributed by atoms with van der Waals surface area (Å²) in [5.41, 5.74) is 5.95. The molecule has 0 aromatic carbocycles. The highest BCUT2D eigenvalue weighted by atomic mass is 32.2. The van der Waals surface area contributed by atoms with E-state index in [-0.39, 0.29) is 28.5 Å². The van der Waals surface area contributed by atoms with Crippen LogP contribution in [0.25, 0.3) is 0 Å². The van der Waals surface area contributed by atoms with Crippen molar-refractivity contribution >= 4 is 15.9 Å². The SMILES string of the molecule is CNS(=O)(=O)c1cc(C(=O)N2CC(CN)CC2C)c(C)o1. The number of aryl methyl sites for hydroxylation is 1. The summed E-state index contributed by atoms with van der Waals surface area (Å²) in [6.45, 7) is 4.68. The topological polar surface area (TPSA) is 106 Å². The van der Waals surface area contributed by atoms with E-state index in [0.717, 1.165) is 6.42 Å². The van der Waals surface area contributed by atoms with E-state index < -0.39 is 10.0 Å². The summed E-state index contributed by atoms with van der Waals surface area (Å²) in [4.78, 5) is 14.3. The van der Waals surface area contributed by atoms with E-state index in [1.807, 2.05) is 6.92 Å². The molecule has 2 rings (SSSR count). The number of carbonyl (C=O) groups excluding carboxylic acids is 1. The molecule has 2 heterocycles. The Kier molecular flexibility index (Phi) is 4.40. The summed E-state index contributed by atoms with van der Waals surface area (Å²) in [5.74, 6) is 0.381. The van der Waals surface area contributed by atoms with Crippen molar-refractivity contribution in [2.75, 3.05) is 20.1 Å². The largest absolute Gasteiger partial charge is 0.448 e. The molecule has 21 heavy (non-hydrogen) atoms. The fraction of sp³-hybridized carbons (Fsp3) is 0.615. The van der Waals surface area contributed by atoms with Crippen LogP contribution in [0.2, 0.25) is 0 Å². The lowest BCUT2D eigenvalue weighted by Crippen LogP contribution is -2.34. The first kappa shape index (κ1) is 16.0. The smallest absolute Gasteiger partial charge is 0.273 e. The highest BCUT2D eigenvalue weighted by Crippen LogP contribution is 2.27. The number of nitrogens with one attached hydrogen (secondary N) is 1. The summed E-state index contributed by atoms with van der Waals surface area (Å²) in [5, 5.41) is -0.243. The van der Waals surface area contributed by atoms with Gasteiger partial charge in [-0.1, -0.05) is 0 Å². The minimum absolute atomic E-state index is 0.0877. The predicted molar refractivity (Wildman–Crippen MR) is 77.4 cm³/mol. The fourth-order valence-electron chi connectivity index (χ4n) is 2.65. The molecule has 0 saturated carbocycles. The van der Waals surface area contributed by atoms with Crippen LogP contribution in [0.3, 0.4) is 0 Å². The van der Waals surface area contributed by atoms with Crippen LogP contribution in [0.5, 0.6) is 0 Å². The maximum Gasteiger partial charge on any atom is 0.273 e. The van der Waals surface area contributed by atoms with Gasteiger partial charge in [0.05, 0.1) is 5.56 Å². The molecule has 1 aliphatic rings. The minimum Gasteiger partial charge on any atom is -0.448 e. The average molecular weight is 315 g/mol. The van der Waals surface area contributed by atoms with Gasteiger partial charge in [0.2, 0.25) is 5.09 Å². The molecule has 0 bridgehead atoms. The Balaban J connectivity index is 2.29. The quantitative estimate of drug-likeness (QED) is 0.831. The van der Waals surface area contributed by atoms with Gasteiger partial charge in [0.25, 0.3) is 15.9 Å². The van der Waals surface area contributed by atoms with Gasteiger partial charge < -0.3 is 15.1 Å². The number of hydrogen-bond donors (Lipinski definition) is 2. The number of nitrogens with zero attached hydrogens (tertiary/aromatic N) is 1. The normalized spacial score (nSPS) is 22.8. The first-order valence-corrected chi connectivity index (χ1v) is 8.33. The summed E-state index contributed by atoms with van der Waals surface area (Å²) < 4.78 is 30.8. The molecule has 3 N–H and O–H groups in total. The van der Waals surface area contributed by atoms with E-state index >= 15 is 0 Å². The first-order chi connectivity index (χ1) is 9.80. The third-order valence-electron chi connectivity index (χ3n) is 3.91. The summed E-state index contributed by atoms with van der Waals surface area (Å²) in [6, 6.07) is 1.37. The second-order valence-electron chi connectivity index (χ2n) is 5.39. The van der Waals surface area contributed by atoms with Crippen molar-refractivity contribution < 1.29 is 17.6 Å². The van der Waals surface area contributed by atoms with E-state index in [0.29, 0.717) is 18.8 Å². The zero-order chi connectivity index (χ0) is 15.8. The Bertz CT molecular complexity index is 638. The molecule has 0 radical (unpaired) electrons. The maximum absolute atomic E-state index is 12.6. The third-order valence-corrected chi connectivity index (χ3v) is 5.18. The molecule has 1 saturated heterocycles. The van der Waals surface area contributed by atoms with Crippen molar-refractivity contribution in [2.24, 2.45) is 11.7 Å². The molecule has 7 nitrogen and oxygen atoms in total. The highest BCUT2D eigenvalue weighted by Gasteiger charge is 2.34. The van der Waals surface area contributed by atoms with Gasteiger partial charge in [-0.15, -0.1) is 0 Å². The van der Waals surface area contributed by atoms with Crippen LogP contribution in [0.1, 0.15) is 29.5 Å². The third kappa shape index (κ3) is 2.97. The van der Waals surface area contributed by atoms with E-state index in [1.165, 1.54) is 13.1 Å². The fourth-order valence-corrected chi connectivity index (χ4v) is 3.36. The lowest BCUT2D eigenvalue weighted by Gasteiger charge is -2.21. The van der Waals surface area contributed by atoms with Gasteiger partial charge in [0, 0.05) is 18.7 Å². The molecule has 8 heteroatoms. The van der Waals surface area contributed by atoms with Crippen molar-refractivity contribution in [2.45, 2.75) is 31.4 Å². The van der Waals surface area contributed by atoms with Gasteiger partial charge >= 0.3 is 0 Å². The number of rotatable bonds is 4. The van der Waals surface area contributed by atoms with Crippen LogP contribution in [-0.4, -0.2) is 45.4 Å². The molecule has 1 aromatic heterocycles. The Labute approximate surface area is 124 Å². The molecule has 0 aliphatic carbocycles. The molecular weight excluding hydrogens is 294 g/mol. The standard InChI is InChI=1S/C13H21N3O4S/c1-8-4-10(6-14)7-16(8)13(17)11-5-12(20-9(11)2)21(18,19)15-3/h5,8,10,15H,4,6-7,14H2,1-3H3. The van der Waals surface area contributed by atoms with Gasteiger partial charge in [-0.05, 0) is 39.8 Å². The molecule has 1 aliphatic heterocycles. The van der Waals surface area contributed by atoms with Gasteiger partial charge in [-0.3, -0.25) is 4.79 Å². The van der Waals surface area contributed by atoms with E-state index in [9.17, 15) is 13.2 Å². The van der Waals surface area contributed by atoms with Crippen LogP contribution in [0, 0.1) is 12.8 Å². The molecule has 1 amide bonds.